The molecule has 2 amide bonds. The zero-order chi connectivity index (χ0) is 49.0. The molecule has 1 aliphatic heterocycles. The number of aliphatic hydroxyl groups excluding tert-OH is 4. The SMILES string of the molecule is CN(C)c1ccc(N=Nc2ccc(C(=O)NCc3cn(CCOCCO[C@H](O[C@@H]4O[C@H](CO)[C@@H](O)[C@H](O)[C@H]4O)[C@@](C)(O)C(=O)NCCNc4cccc5c(S(=O)(=O)O)cccc45)nn3)cc2)cc1. The number of nitrogens with zero attached hydrogens (tertiary/aromatic N) is 6. The highest BCUT2D eigenvalue weighted by Crippen LogP contribution is 2.30. The number of rotatable bonds is 23. The van der Waals surface area contributed by atoms with Gasteiger partial charge >= 0.3 is 0 Å². The molecule has 4 aromatic carbocycles. The van der Waals surface area contributed by atoms with Crippen LogP contribution in [0, 0.1) is 0 Å². The Labute approximate surface area is 391 Å². The molecule has 68 heavy (non-hydrogen) atoms. The van der Waals surface area contributed by atoms with Crippen LogP contribution in [0.3, 0.4) is 0 Å². The van der Waals surface area contributed by atoms with Crippen molar-refractivity contribution in [2.45, 2.75) is 67.5 Å². The van der Waals surface area contributed by atoms with Gasteiger partial charge in [-0.25, -0.2) is 4.68 Å². The van der Waals surface area contributed by atoms with Crippen molar-refractivity contribution in [3.05, 3.63) is 102 Å². The third-order valence-corrected chi connectivity index (χ3v) is 11.6. The Morgan fingerprint density at radius 2 is 1.56 bits per heavy atom. The topological polar surface area (TPSA) is 321 Å². The first kappa shape index (κ1) is 51.4. The minimum atomic E-state index is -4.50. The molecule has 9 N–H and O–H groups in total. The number of hydrogen-bond acceptors (Lipinski definition) is 19. The van der Waals surface area contributed by atoms with Crippen LogP contribution in [0.2, 0.25) is 0 Å². The lowest BCUT2D eigenvalue weighted by molar-refractivity contribution is -0.355. The van der Waals surface area contributed by atoms with Crippen LogP contribution >= 0.6 is 0 Å². The summed E-state index contributed by atoms with van der Waals surface area (Å²) in [7, 11) is -0.598. The maximum absolute atomic E-state index is 13.4. The van der Waals surface area contributed by atoms with Crippen molar-refractivity contribution >= 4 is 55.5 Å². The molecule has 0 aliphatic carbocycles. The first-order valence-corrected chi connectivity index (χ1v) is 22.8. The highest BCUT2D eigenvalue weighted by atomic mass is 32.2. The van der Waals surface area contributed by atoms with Gasteiger partial charge in [-0.1, -0.05) is 29.5 Å². The molecule has 366 valence electrons. The first-order chi connectivity index (χ1) is 32.5. The standard InChI is InChI=1S/C44H55N9O14S/c1-44(60,42(59)46-19-18-45-34-8-4-7-33-32(34)6-5-9-36(33)68(61,62)63)43(67-41-39(57)38(56)37(55)35(26-54)66-41)65-23-22-64-21-20-53-25-30(50-51-53)24-47-40(58)27-10-12-28(13-11-27)48-49-29-14-16-31(17-15-29)52(2)3/h4-17,25,35,37-39,41,43,45,54-57,60H,18-24,26H2,1-3H3,(H,46,59)(H,47,58)(H,61,62,63)/t35-,37-,38+,39-,41+,43-,44+/m1/s1. The summed E-state index contributed by atoms with van der Waals surface area (Å²) in [6.07, 6.45) is -8.78. The molecule has 1 aromatic heterocycles. The van der Waals surface area contributed by atoms with Gasteiger partial charge in [0.05, 0.1) is 57.1 Å². The summed E-state index contributed by atoms with van der Waals surface area (Å²) in [6, 6.07) is 23.4. The number of hydrogen-bond donors (Lipinski definition) is 9. The molecule has 7 atom stereocenters. The van der Waals surface area contributed by atoms with E-state index in [4.69, 9.17) is 18.9 Å². The second kappa shape index (κ2) is 23.3. The number of amides is 2. The third-order valence-electron chi connectivity index (χ3n) is 10.7. The molecule has 6 rings (SSSR count). The second-order valence-electron chi connectivity index (χ2n) is 15.9. The summed E-state index contributed by atoms with van der Waals surface area (Å²) < 4.78 is 57.5. The molecule has 2 heterocycles. The van der Waals surface area contributed by atoms with Gasteiger partial charge in [0.2, 0.25) is 0 Å². The fourth-order valence-corrected chi connectivity index (χ4v) is 7.55. The molecular weight excluding hydrogens is 911 g/mol. The van der Waals surface area contributed by atoms with Crippen LogP contribution in [0.25, 0.3) is 10.8 Å². The van der Waals surface area contributed by atoms with E-state index < -0.39 is 65.2 Å². The molecule has 1 fully saturated rings. The largest absolute Gasteiger partial charge is 0.394 e. The lowest BCUT2D eigenvalue weighted by atomic mass is 9.99. The quantitative estimate of drug-likeness (QED) is 0.0192. The summed E-state index contributed by atoms with van der Waals surface area (Å²) >= 11 is 0. The molecular formula is C44H55N9O14S. The van der Waals surface area contributed by atoms with Crippen LogP contribution in [0.15, 0.2) is 106 Å². The van der Waals surface area contributed by atoms with Crippen molar-refractivity contribution in [1.82, 2.24) is 25.6 Å². The molecule has 5 aromatic rings. The van der Waals surface area contributed by atoms with Crippen molar-refractivity contribution in [3.63, 3.8) is 0 Å². The van der Waals surface area contributed by atoms with Gasteiger partial charge in [0.15, 0.2) is 18.2 Å². The molecule has 1 aliphatic rings. The van der Waals surface area contributed by atoms with Gasteiger partial charge < -0.3 is 65.3 Å². The number of carbonyl (C=O) groups is 2. The summed E-state index contributed by atoms with van der Waals surface area (Å²) in [5, 5.41) is 78.2. The first-order valence-electron chi connectivity index (χ1n) is 21.3. The monoisotopic (exact) mass is 965 g/mol. The van der Waals surface area contributed by atoms with Crippen LogP contribution in [0.4, 0.5) is 22.7 Å². The van der Waals surface area contributed by atoms with Crippen molar-refractivity contribution in [3.8, 4) is 0 Å². The predicted octanol–water partition coefficient (Wildman–Crippen LogP) is 1.24. The van der Waals surface area contributed by atoms with Gasteiger partial charge in [-0.15, -0.1) is 5.10 Å². The number of aliphatic hydroxyl groups is 5. The summed E-state index contributed by atoms with van der Waals surface area (Å²) in [5.41, 5.74) is 1.23. The second-order valence-corrected chi connectivity index (χ2v) is 17.3. The van der Waals surface area contributed by atoms with Crippen LogP contribution in [0.5, 0.6) is 0 Å². The number of carbonyl (C=O) groups excluding carboxylic acids is 2. The smallest absolute Gasteiger partial charge is 0.295 e. The number of nitrogens with one attached hydrogen (secondary N) is 3. The van der Waals surface area contributed by atoms with Crippen molar-refractivity contribution in [2.24, 2.45) is 10.2 Å². The van der Waals surface area contributed by atoms with E-state index in [2.05, 4.69) is 36.5 Å². The van der Waals surface area contributed by atoms with Gasteiger partial charge in [0, 0.05) is 54.9 Å². The Hall–Kier alpha value is -6.03. The molecule has 23 nitrogen and oxygen atoms in total. The molecule has 24 heteroatoms. The number of fused-ring (bicyclic) bond motifs is 1. The molecule has 0 saturated carbocycles. The molecule has 1 saturated heterocycles. The normalized spacial score (nSPS) is 19.9. The number of azo groups is 1. The van der Waals surface area contributed by atoms with E-state index in [-0.39, 0.29) is 62.2 Å². The summed E-state index contributed by atoms with van der Waals surface area (Å²) in [5.74, 6) is -1.32. The van der Waals surface area contributed by atoms with Crippen molar-refractivity contribution in [1.29, 1.82) is 0 Å². The average molecular weight is 966 g/mol. The van der Waals surface area contributed by atoms with Gasteiger partial charge in [0.1, 0.15) is 35.0 Å². The van der Waals surface area contributed by atoms with Gasteiger partial charge in [-0.05, 0) is 67.6 Å². The Morgan fingerprint density at radius 3 is 2.24 bits per heavy atom. The van der Waals surface area contributed by atoms with E-state index >= 15 is 0 Å². The van der Waals surface area contributed by atoms with E-state index in [1.165, 1.54) is 22.9 Å². The molecule has 0 spiro atoms. The zero-order valence-corrected chi connectivity index (χ0v) is 38.1. The average Bonchev–Trinajstić information content (AvgIpc) is 3.79. The minimum absolute atomic E-state index is 0.0774. The maximum Gasteiger partial charge on any atom is 0.295 e. The van der Waals surface area contributed by atoms with E-state index in [0.717, 1.165) is 12.6 Å². The Kier molecular flexibility index (Phi) is 17.6. The number of aromatic nitrogens is 3. The van der Waals surface area contributed by atoms with E-state index in [0.29, 0.717) is 33.7 Å². The van der Waals surface area contributed by atoms with Gasteiger partial charge in [-0.2, -0.15) is 18.6 Å². The Morgan fingerprint density at radius 1 is 0.882 bits per heavy atom. The summed E-state index contributed by atoms with van der Waals surface area (Å²) in [6.45, 7) is 0.412. The van der Waals surface area contributed by atoms with Gasteiger partial charge in [-0.3, -0.25) is 14.1 Å². The fourth-order valence-electron chi connectivity index (χ4n) is 6.84. The maximum atomic E-state index is 13.4. The Balaban J connectivity index is 0.968. The van der Waals surface area contributed by atoms with E-state index in [1.54, 1.807) is 48.7 Å². The molecule has 0 radical (unpaired) electrons. The van der Waals surface area contributed by atoms with E-state index in [1.807, 2.05) is 43.3 Å². The van der Waals surface area contributed by atoms with Crippen LogP contribution < -0.4 is 20.9 Å². The molecule has 0 unspecified atom stereocenters. The summed E-state index contributed by atoms with van der Waals surface area (Å²) in [4.78, 5) is 28.0. The van der Waals surface area contributed by atoms with Crippen LogP contribution in [0.1, 0.15) is 23.0 Å². The molecule has 0 bridgehead atoms. The number of anilines is 2. The highest BCUT2D eigenvalue weighted by molar-refractivity contribution is 7.86. The van der Waals surface area contributed by atoms with Gasteiger partial charge in [0.25, 0.3) is 21.9 Å². The fraction of sp³-hybridized carbons (Fsp3) is 0.409. The lowest BCUT2D eigenvalue weighted by Crippen LogP contribution is -2.62. The minimum Gasteiger partial charge on any atom is -0.394 e. The Bertz CT molecular complexity index is 2600. The number of benzene rings is 4. The van der Waals surface area contributed by atoms with Crippen molar-refractivity contribution in [2.75, 3.05) is 63.8 Å². The van der Waals surface area contributed by atoms with Crippen LogP contribution in [-0.2, 0) is 46.9 Å². The third kappa shape index (κ3) is 13.4. The predicted molar refractivity (Wildman–Crippen MR) is 244 cm³/mol. The van der Waals surface area contributed by atoms with E-state index in [9.17, 15) is 48.1 Å². The van der Waals surface area contributed by atoms with Crippen molar-refractivity contribution < 1.29 is 67.0 Å². The zero-order valence-electron chi connectivity index (χ0n) is 37.3. The highest BCUT2D eigenvalue weighted by Gasteiger charge is 2.49. The van der Waals surface area contributed by atoms with Crippen LogP contribution in [-0.4, -0.2) is 162 Å². The lowest BCUT2D eigenvalue weighted by Gasteiger charge is -2.42. The number of ether oxygens (including phenoxy) is 4.